The van der Waals surface area contributed by atoms with Crippen LogP contribution in [0.1, 0.15) is 32.5 Å². The van der Waals surface area contributed by atoms with Crippen molar-refractivity contribution in [2.24, 2.45) is 4.99 Å². The number of benzene rings is 1. The fourth-order valence-electron chi connectivity index (χ4n) is 4.48. The van der Waals surface area contributed by atoms with Crippen molar-refractivity contribution in [3.05, 3.63) is 53.5 Å². The van der Waals surface area contributed by atoms with Crippen molar-refractivity contribution in [3.8, 4) is 11.3 Å². The molecule has 10 heteroatoms. The SMILES string of the molecule is C[C@@H]1COC[C@H]2COC3=C(C(C)(C)S(C)(=O)=O)NC(c4ccc(-c5ccn[nH]5)cc4)N=C3N21. The zero-order valence-electron chi connectivity index (χ0n) is 19.2. The topological polar surface area (TPSA) is 109 Å². The van der Waals surface area contributed by atoms with Gasteiger partial charge in [-0.25, -0.2) is 13.4 Å². The van der Waals surface area contributed by atoms with Gasteiger partial charge in [0.2, 0.25) is 0 Å². The lowest BCUT2D eigenvalue weighted by molar-refractivity contribution is -0.0446. The molecule has 1 aromatic carbocycles. The van der Waals surface area contributed by atoms with Gasteiger partial charge < -0.3 is 19.7 Å². The molecule has 2 aromatic rings. The van der Waals surface area contributed by atoms with Crippen molar-refractivity contribution in [2.45, 2.75) is 43.8 Å². The number of sulfone groups is 1. The summed E-state index contributed by atoms with van der Waals surface area (Å²) in [5.41, 5.74) is 3.40. The maximum absolute atomic E-state index is 12.8. The number of hydrogen-bond acceptors (Lipinski definition) is 8. The smallest absolute Gasteiger partial charge is 0.182 e. The quantitative estimate of drug-likeness (QED) is 0.704. The Balaban J connectivity index is 1.59. The van der Waals surface area contributed by atoms with E-state index >= 15 is 0 Å². The van der Waals surface area contributed by atoms with Gasteiger partial charge in [-0.1, -0.05) is 24.3 Å². The summed E-state index contributed by atoms with van der Waals surface area (Å²) in [5.74, 6) is 1.20. The normalized spacial score (nSPS) is 25.5. The number of aliphatic imine (C=N–C) groups is 1. The highest BCUT2D eigenvalue weighted by Crippen LogP contribution is 2.37. The van der Waals surface area contributed by atoms with Crippen LogP contribution in [0.25, 0.3) is 11.3 Å². The molecule has 33 heavy (non-hydrogen) atoms. The van der Waals surface area contributed by atoms with Gasteiger partial charge in [-0.05, 0) is 38.0 Å². The van der Waals surface area contributed by atoms with Crippen molar-refractivity contribution >= 4 is 15.7 Å². The number of amidine groups is 1. The molecule has 1 unspecified atom stereocenters. The molecule has 1 aromatic heterocycles. The molecule has 0 radical (unpaired) electrons. The number of rotatable bonds is 4. The lowest BCUT2D eigenvalue weighted by Crippen LogP contribution is -2.61. The fourth-order valence-corrected chi connectivity index (χ4v) is 5.01. The number of H-pyrrole nitrogens is 1. The van der Waals surface area contributed by atoms with Gasteiger partial charge in [-0.2, -0.15) is 5.10 Å². The molecule has 0 bridgehead atoms. The van der Waals surface area contributed by atoms with Crippen molar-refractivity contribution in [1.29, 1.82) is 0 Å². The van der Waals surface area contributed by atoms with Crippen molar-refractivity contribution in [3.63, 3.8) is 0 Å². The van der Waals surface area contributed by atoms with Gasteiger partial charge in [-0.3, -0.25) is 5.10 Å². The van der Waals surface area contributed by atoms with E-state index in [1.165, 1.54) is 6.26 Å². The minimum atomic E-state index is -3.45. The number of nitrogens with zero attached hydrogens (tertiary/aromatic N) is 3. The first-order valence-corrected chi connectivity index (χ1v) is 12.9. The van der Waals surface area contributed by atoms with E-state index < -0.39 is 20.8 Å². The highest BCUT2D eigenvalue weighted by Gasteiger charge is 2.47. The van der Waals surface area contributed by atoms with Gasteiger partial charge in [0.15, 0.2) is 21.4 Å². The number of ether oxygens (including phenoxy) is 2. The molecule has 3 aliphatic heterocycles. The van der Waals surface area contributed by atoms with E-state index in [4.69, 9.17) is 14.5 Å². The molecule has 2 saturated heterocycles. The van der Waals surface area contributed by atoms with E-state index in [1.807, 2.05) is 30.3 Å². The first-order chi connectivity index (χ1) is 15.7. The zero-order chi connectivity index (χ0) is 23.4. The average Bonchev–Trinajstić information content (AvgIpc) is 3.32. The highest BCUT2D eigenvalue weighted by molar-refractivity contribution is 7.92. The predicted molar refractivity (Wildman–Crippen MR) is 125 cm³/mol. The van der Waals surface area contributed by atoms with Gasteiger partial charge >= 0.3 is 0 Å². The summed E-state index contributed by atoms with van der Waals surface area (Å²) in [5, 5.41) is 10.4. The lowest BCUT2D eigenvalue weighted by atomic mass is 10.00. The molecule has 9 nitrogen and oxygen atoms in total. The second-order valence-corrected chi connectivity index (χ2v) is 11.9. The largest absolute Gasteiger partial charge is 0.486 e. The third kappa shape index (κ3) is 3.71. The first-order valence-electron chi connectivity index (χ1n) is 11.0. The lowest BCUT2D eigenvalue weighted by Gasteiger charge is -2.48. The molecule has 2 N–H and O–H groups in total. The number of aromatic amines is 1. The predicted octanol–water partition coefficient (Wildman–Crippen LogP) is 2.23. The summed E-state index contributed by atoms with van der Waals surface area (Å²) >= 11 is 0. The monoisotopic (exact) mass is 471 g/mol. The van der Waals surface area contributed by atoms with Crippen LogP contribution in [0.2, 0.25) is 0 Å². The molecule has 2 fully saturated rings. The van der Waals surface area contributed by atoms with E-state index in [0.717, 1.165) is 16.8 Å². The summed E-state index contributed by atoms with van der Waals surface area (Å²) in [6, 6.07) is 10.1. The third-order valence-corrected chi connectivity index (χ3v) is 8.79. The summed E-state index contributed by atoms with van der Waals surface area (Å²) in [6.45, 7) is 7.07. The van der Waals surface area contributed by atoms with Gasteiger partial charge in [0, 0.05) is 12.5 Å². The van der Waals surface area contributed by atoms with Crippen LogP contribution < -0.4 is 5.32 Å². The van der Waals surface area contributed by atoms with Crippen LogP contribution >= 0.6 is 0 Å². The number of nitrogens with one attached hydrogen (secondary N) is 2. The number of fused-ring (bicyclic) bond motifs is 3. The van der Waals surface area contributed by atoms with Crippen LogP contribution in [0.3, 0.4) is 0 Å². The van der Waals surface area contributed by atoms with E-state index in [1.54, 1.807) is 20.0 Å². The Bertz CT molecular complexity index is 1200. The van der Waals surface area contributed by atoms with Crippen LogP contribution in [0, 0.1) is 0 Å². The molecular weight excluding hydrogens is 442 g/mol. The second kappa shape index (κ2) is 7.88. The number of hydrogen-bond donors (Lipinski definition) is 2. The molecule has 5 rings (SSSR count). The van der Waals surface area contributed by atoms with E-state index in [-0.39, 0.29) is 12.1 Å². The summed E-state index contributed by atoms with van der Waals surface area (Å²) < 4.78 is 36.2. The van der Waals surface area contributed by atoms with Crippen LogP contribution in [0.5, 0.6) is 0 Å². The van der Waals surface area contributed by atoms with E-state index in [2.05, 4.69) is 27.3 Å². The summed E-state index contributed by atoms with van der Waals surface area (Å²) in [6.07, 6.45) is 2.52. The maximum atomic E-state index is 12.8. The molecular formula is C23H29N5O4S. The first kappa shape index (κ1) is 22.0. The van der Waals surface area contributed by atoms with Gasteiger partial charge in [-0.15, -0.1) is 0 Å². The summed E-state index contributed by atoms with van der Waals surface area (Å²) in [4.78, 5) is 7.25. The molecule has 3 aliphatic rings. The standard InChI is InChI=1S/C23H29N5O4S/c1-14-11-31-12-17-13-32-19-20(23(2,3)33(4,29)30)25-21(26-22(19)28(14)17)16-7-5-15(6-8-16)18-9-10-24-27-18/h5-10,14,17,21,25H,11-13H2,1-4H3,(H,24,27)/t14-,17+,21?/m1/s1. The van der Waals surface area contributed by atoms with E-state index in [0.29, 0.717) is 37.1 Å². The minimum Gasteiger partial charge on any atom is -0.486 e. The average molecular weight is 472 g/mol. The second-order valence-electron chi connectivity index (χ2n) is 9.34. The highest BCUT2D eigenvalue weighted by atomic mass is 32.2. The van der Waals surface area contributed by atoms with Crippen LogP contribution in [-0.2, 0) is 19.3 Å². The molecule has 4 heterocycles. The Morgan fingerprint density at radius 1 is 1.12 bits per heavy atom. The Hall–Kier alpha value is -2.85. The van der Waals surface area contributed by atoms with Crippen molar-refractivity contribution in [2.75, 3.05) is 26.1 Å². The van der Waals surface area contributed by atoms with Gasteiger partial charge in [0.05, 0.1) is 36.7 Å². The molecule has 0 amide bonds. The Labute approximate surface area is 193 Å². The molecule has 0 saturated carbocycles. The Morgan fingerprint density at radius 2 is 1.88 bits per heavy atom. The Kier molecular flexibility index (Phi) is 5.24. The van der Waals surface area contributed by atoms with Crippen molar-refractivity contribution < 1.29 is 17.9 Å². The fraction of sp³-hybridized carbons (Fsp3) is 0.478. The maximum Gasteiger partial charge on any atom is 0.182 e. The zero-order valence-corrected chi connectivity index (χ0v) is 20.0. The molecule has 0 aliphatic carbocycles. The summed E-state index contributed by atoms with van der Waals surface area (Å²) in [7, 11) is -3.45. The van der Waals surface area contributed by atoms with E-state index in [9.17, 15) is 8.42 Å². The molecule has 0 spiro atoms. The van der Waals surface area contributed by atoms with Crippen molar-refractivity contribution in [1.82, 2.24) is 20.4 Å². The van der Waals surface area contributed by atoms with Crippen LogP contribution in [0.15, 0.2) is 53.0 Å². The molecule has 176 valence electrons. The van der Waals surface area contributed by atoms with Crippen LogP contribution in [-0.4, -0.2) is 72.3 Å². The van der Waals surface area contributed by atoms with Crippen LogP contribution in [0.4, 0.5) is 0 Å². The minimum absolute atomic E-state index is 0.0420. The van der Waals surface area contributed by atoms with Gasteiger partial charge in [0.1, 0.15) is 17.5 Å². The number of aromatic nitrogens is 2. The third-order valence-electron chi connectivity index (χ3n) is 6.73. The Morgan fingerprint density at radius 3 is 2.55 bits per heavy atom. The molecule has 3 atom stereocenters. The number of morpholine rings is 2. The van der Waals surface area contributed by atoms with Gasteiger partial charge in [0.25, 0.3) is 0 Å².